The largest absolute Gasteiger partial charge is 0.379 e. The van der Waals surface area contributed by atoms with E-state index in [1.807, 2.05) is 13.8 Å². The summed E-state index contributed by atoms with van der Waals surface area (Å²) in [7, 11) is 0. The van der Waals surface area contributed by atoms with Gasteiger partial charge in [0.2, 0.25) is 5.91 Å². The van der Waals surface area contributed by atoms with Crippen molar-refractivity contribution in [1.82, 2.24) is 10.2 Å². The lowest BCUT2D eigenvalue weighted by atomic mass is 9.99. The molecule has 17 heavy (non-hydrogen) atoms. The predicted molar refractivity (Wildman–Crippen MR) is 67.7 cm³/mol. The molecule has 0 aromatic rings. The fourth-order valence-electron chi connectivity index (χ4n) is 1.79. The zero-order valence-corrected chi connectivity index (χ0v) is 10.9. The zero-order valence-electron chi connectivity index (χ0n) is 10.9. The molecule has 1 aliphatic heterocycles. The van der Waals surface area contributed by atoms with Crippen molar-refractivity contribution >= 4 is 5.91 Å². The minimum atomic E-state index is -0.385. The van der Waals surface area contributed by atoms with E-state index in [9.17, 15) is 4.79 Å². The van der Waals surface area contributed by atoms with Crippen molar-refractivity contribution in [3.63, 3.8) is 0 Å². The number of nitrogens with one attached hydrogen (secondary N) is 1. The molecule has 1 amide bonds. The van der Waals surface area contributed by atoms with Crippen LogP contribution >= 0.6 is 0 Å². The Morgan fingerprint density at radius 1 is 1.47 bits per heavy atom. The van der Waals surface area contributed by atoms with Crippen LogP contribution in [0, 0.1) is 5.92 Å². The SMILES string of the molecule is CC[C@@H](C)[C@H](N)C(=O)NCCN1CCOCC1. The van der Waals surface area contributed by atoms with Crippen molar-refractivity contribution in [3.8, 4) is 0 Å². The summed E-state index contributed by atoms with van der Waals surface area (Å²) in [6.07, 6.45) is 0.929. The monoisotopic (exact) mass is 243 g/mol. The van der Waals surface area contributed by atoms with E-state index in [1.165, 1.54) is 0 Å². The molecule has 1 saturated heterocycles. The Labute approximate surface area is 104 Å². The van der Waals surface area contributed by atoms with Crippen LogP contribution in [-0.2, 0) is 9.53 Å². The molecule has 1 heterocycles. The Kier molecular flexibility index (Phi) is 6.47. The van der Waals surface area contributed by atoms with Gasteiger partial charge in [0.15, 0.2) is 0 Å². The number of amides is 1. The number of ether oxygens (including phenoxy) is 1. The summed E-state index contributed by atoms with van der Waals surface area (Å²) in [5.41, 5.74) is 5.84. The molecule has 1 fully saturated rings. The highest BCUT2D eigenvalue weighted by molar-refractivity contribution is 5.81. The van der Waals surface area contributed by atoms with E-state index in [4.69, 9.17) is 10.5 Å². The maximum absolute atomic E-state index is 11.7. The maximum Gasteiger partial charge on any atom is 0.237 e. The van der Waals surface area contributed by atoms with Crippen LogP contribution in [0.2, 0.25) is 0 Å². The summed E-state index contributed by atoms with van der Waals surface area (Å²) >= 11 is 0. The average Bonchev–Trinajstić information content (AvgIpc) is 2.38. The van der Waals surface area contributed by atoms with Gasteiger partial charge in [0.1, 0.15) is 0 Å². The van der Waals surface area contributed by atoms with E-state index >= 15 is 0 Å². The third kappa shape index (κ3) is 5.02. The standard InChI is InChI=1S/C12H25N3O2/c1-3-10(2)11(13)12(16)14-4-5-15-6-8-17-9-7-15/h10-11H,3-9,13H2,1-2H3,(H,14,16)/t10-,11+/m1/s1. The average molecular weight is 243 g/mol. The number of rotatable bonds is 6. The molecule has 0 aromatic carbocycles. The van der Waals surface area contributed by atoms with Gasteiger partial charge in [0.05, 0.1) is 19.3 Å². The van der Waals surface area contributed by atoms with Crippen molar-refractivity contribution < 1.29 is 9.53 Å². The predicted octanol–water partition coefficient (Wildman–Crippen LogP) is -0.192. The molecular formula is C12H25N3O2. The molecule has 3 N–H and O–H groups in total. The highest BCUT2D eigenvalue weighted by Crippen LogP contribution is 2.04. The highest BCUT2D eigenvalue weighted by atomic mass is 16.5. The van der Waals surface area contributed by atoms with Crippen molar-refractivity contribution in [2.24, 2.45) is 11.7 Å². The van der Waals surface area contributed by atoms with Crippen LogP contribution in [-0.4, -0.2) is 56.2 Å². The van der Waals surface area contributed by atoms with E-state index < -0.39 is 0 Å². The van der Waals surface area contributed by atoms with Gasteiger partial charge in [-0.05, 0) is 5.92 Å². The Bertz CT molecular complexity index is 230. The van der Waals surface area contributed by atoms with Crippen molar-refractivity contribution in [2.45, 2.75) is 26.3 Å². The Morgan fingerprint density at radius 3 is 2.71 bits per heavy atom. The number of carbonyl (C=O) groups excluding carboxylic acids is 1. The minimum absolute atomic E-state index is 0.0346. The molecule has 5 heteroatoms. The molecule has 100 valence electrons. The van der Waals surface area contributed by atoms with Gasteiger partial charge >= 0.3 is 0 Å². The summed E-state index contributed by atoms with van der Waals surface area (Å²) in [5, 5.41) is 2.90. The van der Waals surface area contributed by atoms with Gasteiger partial charge in [-0.25, -0.2) is 0 Å². The number of hydrogen-bond acceptors (Lipinski definition) is 4. The summed E-state index contributed by atoms with van der Waals surface area (Å²) < 4.78 is 5.26. The zero-order chi connectivity index (χ0) is 12.7. The molecule has 0 bridgehead atoms. The van der Waals surface area contributed by atoms with E-state index in [-0.39, 0.29) is 17.9 Å². The van der Waals surface area contributed by atoms with E-state index in [0.29, 0.717) is 6.54 Å². The first-order chi connectivity index (χ1) is 8.15. The molecule has 0 spiro atoms. The van der Waals surface area contributed by atoms with Crippen LogP contribution in [0.5, 0.6) is 0 Å². The summed E-state index contributed by atoms with van der Waals surface area (Å²) in [6.45, 7) is 9.09. The molecule has 0 saturated carbocycles. The third-order valence-corrected chi connectivity index (χ3v) is 3.39. The lowest BCUT2D eigenvalue weighted by Gasteiger charge is -2.27. The molecule has 2 atom stereocenters. The van der Waals surface area contributed by atoms with Crippen molar-refractivity contribution in [3.05, 3.63) is 0 Å². The van der Waals surface area contributed by atoms with Gasteiger partial charge in [0, 0.05) is 26.2 Å². The second kappa shape index (κ2) is 7.63. The summed E-state index contributed by atoms with van der Waals surface area (Å²) in [4.78, 5) is 14.0. The number of carbonyl (C=O) groups is 1. The molecule has 1 aliphatic rings. The van der Waals surface area contributed by atoms with Crippen molar-refractivity contribution in [1.29, 1.82) is 0 Å². The van der Waals surface area contributed by atoms with Crippen molar-refractivity contribution in [2.75, 3.05) is 39.4 Å². The van der Waals surface area contributed by atoms with E-state index in [2.05, 4.69) is 10.2 Å². The van der Waals surface area contributed by atoms with E-state index in [0.717, 1.165) is 39.3 Å². The van der Waals surface area contributed by atoms with Crippen LogP contribution in [0.1, 0.15) is 20.3 Å². The first-order valence-corrected chi connectivity index (χ1v) is 6.48. The molecule has 1 rings (SSSR count). The maximum atomic E-state index is 11.7. The fraction of sp³-hybridized carbons (Fsp3) is 0.917. The normalized spacial score (nSPS) is 20.9. The van der Waals surface area contributed by atoms with Crippen LogP contribution < -0.4 is 11.1 Å². The van der Waals surface area contributed by atoms with Gasteiger partial charge in [-0.15, -0.1) is 0 Å². The van der Waals surface area contributed by atoms with Crippen LogP contribution in [0.15, 0.2) is 0 Å². The van der Waals surface area contributed by atoms with E-state index in [1.54, 1.807) is 0 Å². The lowest BCUT2D eigenvalue weighted by Crippen LogP contribution is -2.47. The molecule has 0 radical (unpaired) electrons. The Morgan fingerprint density at radius 2 is 2.12 bits per heavy atom. The Hall–Kier alpha value is -0.650. The molecule has 0 aliphatic carbocycles. The van der Waals surface area contributed by atoms with Crippen LogP contribution in [0.25, 0.3) is 0 Å². The van der Waals surface area contributed by atoms with Gasteiger partial charge in [-0.3, -0.25) is 9.69 Å². The van der Waals surface area contributed by atoms with Crippen LogP contribution in [0.4, 0.5) is 0 Å². The molecule has 0 unspecified atom stereocenters. The number of morpholine rings is 1. The third-order valence-electron chi connectivity index (χ3n) is 3.39. The van der Waals surface area contributed by atoms with Gasteiger partial charge in [-0.2, -0.15) is 0 Å². The summed E-state index contributed by atoms with van der Waals surface area (Å²) in [5.74, 6) is 0.200. The first-order valence-electron chi connectivity index (χ1n) is 6.48. The molecule has 0 aromatic heterocycles. The lowest BCUT2D eigenvalue weighted by molar-refractivity contribution is -0.123. The summed E-state index contributed by atoms with van der Waals surface area (Å²) in [6, 6.07) is -0.385. The second-order valence-electron chi connectivity index (χ2n) is 4.66. The van der Waals surface area contributed by atoms with Crippen LogP contribution in [0.3, 0.4) is 0 Å². The smallest absolute Gasteiger partial charge is 0.237 e. The first kappa shape index (κ1) is 14.4. The number of nitrogens with zero attached hydrogens (tertiary/aromatic N) is 1. The fourth-order valence-corrected chi connectivity index (χ4v) is 1.79. The molecular weight excluding hydrogens is 218 g/mol. The molecule has 5 nitrogen and oxygen atoms in total. The topological polar surface area (TPSA) is 67.6 Å². The van der Waals surface area contributed by atoms with Gasteiger partial charge in [-0.1, -0.05) is 20.3 Å². The quantitative estimate of drug-likeness (QED) is 0.678. The number of nitrogens with two attached hydrogens (primary N) is 1. The second-order valence-corrected chi connectivity index (χ2v) is 4.66. The van der Waals surface area contributed by atoms with Gasteiger partial charge in [0.25, 0.3) is 0 Å². The highest BCUT2D eigenvalue weighted by Gasteiger charge is 2.19. The Balaban J connectivity index is 2.14. The number of hydrogen-bond donors (Lipinski definition) is 2. The van der Waals surface area contributed by atoms with Gasteiger partial charge < -0.3 is 15.8 Å². The minimum Gasteiger partial charge on any atom is -0.379 e.